The summed E-state index contributed by atoms with van der Waals surface area (Å²) in [4.78, 5) is 13.0. The van der Waals surface area contributed by atoms with Crippen LogP contribution in [-0.2, 0) is 0 Å². The van der Waals surface area contributed by atoms with Crippen molar-refractivity contribution in [2.24, 2.45) is 11.8 Å². The fraction of sp³-hybridized carbons (Fsp3) is 0.263. The van der Waals surface area contributed by atoms with Crippen molar-refractivity contribution in [2.45, 2.75) is 19.3 Å². The number of pyridine rings is 1. The zero-order chi connectivity index (χ0) is 15.5. The second-order valence-corrected chi connectivity index (χ2v) is 5.84. The van der Waals surface area contributed by atoms with E-state index in [4.69, 9.17) is 0 Å². The molecule has 1 heterocycles. The van der Waals surface area contributed by atoms with Crippen molar-refractivity contribution in [1.29, 1.82) is 0 Å². The third-order valence-electron chi connectivity index (χ3n) is 4.44. The van der Waals surface area contributed by atoms with Gasteiger partial charge in [-0.1, -0.05) is 49.4 Å². The Kier molecular flexibility index (Phi) is 4.05. The molecule has 1 aromatic carbocycles. The first kappa shape index (κ1) is 14.5. The van der Waals surface area contributed by atoms with E-state index in [-0.39, 0.29) is 29.2 Å². The van der Waals surface area contributed by atoms with Gasteiger partial charge in [0.25, 0.3) is 5.69 Å². The van der Waals surface area contributed by atoms with Gasteiger partial charge in [0.05, 0.1) is 0 Å². The quantitative estimate of drug-likeness (QED) is 0.376. The van der Waals surface area contributed by atoms with E-state index in [0.29, 0.717) is 4.73 Å². The molecule has 0 N–H and O–H groups in total. The molecule has 0 bridgehead atoms. The van der Waals surface area contributed by atoms with E-state index in [9.17, 15) is 10.0 Å². The van der Waals surface area contributed by atoms with Crippen LogP contribution < -0.4 is 4.73 Å². The number of carbonyl (C=O) groups excluding carboxylic acids is 1. The minimum Gasteiger partial charge on any atom is -0.618 e. The number of allylic oxidation sites excluding steroid dienone is 2. The molecular formula is C19H19NO2. The van der Waals surface area contributed by atoms with Crippen molar-refractivity contribution in [3.05, 3.63) is 83.3 Å². The average molecular weight is 293 g/mol. The maximum absolute atomic E-state index is 13.0. The number of nitrogens with zero attached hydrogens (tertiary/aromatic N) is 1. The molecule has 1 aliphatic rings. The molecule has 3 rings (SSSR count). The van der Waals surface area contributed by atoms with Crippen LogP contribution in [0.3, 0.4) is 0 Å². The van der Waals surface area contributed by atoms with Crippen molar-refractivity contribution >= 4 is 5.78 Å². The van der Waals surface area contributed by atoms with Gasteiger partial charge in [-0.15, -0.1) is 0 Å². The van der Waals surface area contributed by atoms with E-state index < -0.39 is 0 Å². The van der Waals surface area contributed by atoms with Crippen molar-refractivity contribution in [1.82, 2.24) is 0 Å². The van der Waals surface area contributed by atoms with E-state index in [1.165, 1.54) is 6.20 Å². The number of aromatic nitrogens is 1. The molecule has 0 radical (unpaired) electrons. The van der Waals surface area contributed by atoms with E-state index in [1.807, 2.05) is 25.1 Å². The first-order valence-electron chi connectivity index (χ1n) is 7.62. The molecule has 0 spiro atoms. The predicted molar refractivity (Wildman–Crippen MR) is 85.3 cm³/mol. The Hall–Kier alpha value is -2.42. The fourth-order valence-corrected chi connectivity index (χ4v) is 3.33. The van der Waals surface area contributed by atoms with Crippen LogP contribution in [0.25, 0.3) is 0 Å². The molecule has 112 valence electrons. The van der Waals surface area contributed by atoms with Gasteiger partial charge >= 0.3 is 0 Å². The molecule has 2 aromatic rings. The zero-order valence-corrected chi connectivity index (χ0v) is 12.6. The lowest BCUT2D eigenvalue weighted by molar-refractivity contribution is -0.607. The first-order valence-corrected chi connectivity index (χ1v) is 7.62. The molecule has 0 fully saturated rings. The summed E-state index contributed by atoms with van der Waals surface area (Å²) in [5, 5.41) is 11.9. The first-order chi connectivity index (χ1) is 10.7. The number of hydrogen-bond acceptors (Lipinski definition) is 2. The normalized spacial score (nSPS) is 24.1. The molecule has 0 amide bonds. The average Bonchev–Trinajstić information content (AvgIpc) is 2.55. The Morgan fingerprint density at radius 2 is 1.86 bits per heavy atom. The van der Waals surface area contributed by atoms with Crippen molar-refractivity contribution < 1.29 is 9.52 Å². The van der Waals surface area contributed by atoms with Crippen LogP contribution in [0, 0.1) is 17.0 Å². The highest BCUT2D eigenvalue weighted by Gasteiger charge is 2.37. The highest BCUT2D eigenvalue weighted by molar-refractivity contribution is 5.96. The molecule has 3 atom stereocenters. The summed E-state index contributed by atoms with van der Waals surface area (Å²) in [5.41, 5.74) is 1.39. The van der Waals surface area contributed by atoms with Gasteiger partial charge in [0.1, 0.15) is 0 Å². The number of carbonyl (C=O) groups is 1. The van der Waals surface area contributed by atoms with Crippen LogP contribution in [0.5, 0.6) is 0 Å². The monoisotopic (exact) mass is 293 g/mol. The van der Waals surface area contributed by atoms with Crippen molar-refractivity contribution in [3.63, 3.8) is 0 Å². The number of rotatable bonds is 3. The third kappa shape index (κ3) is 2.67. The maximum Gasteiger partial charge on any atom is 0.260 e. The SMILES string of the molecule is C[C@H]1C=CC[C@H](c2ccccc2)[C@H]1C(=O)c1cccc[n+]1[O-]. The Morgan fingerprint density at radius 1 is 1.14 bits per heavy atom. The standard InChI is InChI=1S/C19H19NO2/c1-14-8-7-11-16(15-9-3-2-4-10-15)18(14)19(21)17-12-5-6-13-20(17)22/h2-10,12-14,16,18H,11H2,1H3/t14-,16+,18-/m0/s1. The summed E-state index contributed by atoms with van der Waals surface area (Å²) in [5.74, 6) is -0.0307. The van der Waals surface area contributed by atoms with Gasteiger partial charge < -0.3 is 5.21 Å². The fourth-order valence-electron chi connectivity index (χ4n) is 3.33. The second kappa shape index (κ2) is 6.14. The van der Waals surface area contributed by atoms with E-state index in [0.717, 1.165) is 12.0 Å². The lowest BCUT2D eigenvalue weighted by atomic mass is 9.71. The number of ketones is 1. The molecule has 0 unspecified atom stereocenters. The van der Waals surface area contributed by atoms with Crippen LogP contribution in [0.1, 0.15) is 35.3 Å². The summed E-state index contributed by atoms with van der Waals surface area (Å²) >= 11 is 0. The molecule has 3 nitrogen and oxygen atoms in total. The molecule has 1 aliphatic carbocycles. The van der Waals surface area contributed by atoms with Gasteiger partial charge in [0, 0.05) is 18.1 Å². The Labute approximate surface area is 130 Å². The summed E-state index contributed by atoms with van der Waals surface area (Å²) in [6.45, 7) is 2.05. The van der Waals surface area contributed by atoms with Crippen LogP contribution in [0.15, 0.2) is 66.9 Å². The highest BCUT2D eigenvalue weighted by Crippen LogP contribution is 2.39. The summed E-state index contributed by atoms with van der Waals surface area (Å²) in [6, 6.07) is 15.1. The van der Waals surface area contributed by atoms with Crippen LogP contribution in [0.4, 0.5) is 0 Å². The largest absolute Gasteiger partial charge is 0.618 e. The lowest BCUT2D eigenvalue weighted by Gasteiger charge is -2.31. The third-order valence-corrected chi connectivity index (χ3v) is 4.44. The van der Waals surface area contributed by atoms with Gasteiger partial charge in [0.15, 0.2) is 6.20 Å². The van der Waals surface area contributed by atoms with E-state index >= 15 is 0 Å². The molecule has 0 saturated heterocycles. The summed E-state index contributed by atoms with van der Waals surface area (Å²) in [6.07, 6.45) is 6.44. The maximum atomic E-state index is 13.0. The van der Waals surface area contributed by atoms with Gasteiger partial charge in [-0.3, -0.25) is 4.79 Å². The van der Waals surface area contributed by atoms with Crippen molar-refractivity contribution in [3.8, 4) is 0 Å². The molecule has 1 aromatic heterocycles. The molecular weight excluding hydrogens is 274 g/mol. The second-order valence-electron chi connectivity index (χ2n) is 5.84. The zero-order valence-electron chi connectivity index (χ0n) is 12.6. The minimum atomic E-state index is -0.199. The Bertz CT molecular complexity index is 694. The number of benzene rings is 1. The Balaban J connectivity index is 2.00. The van der Waals surface area contributed by atoms with Crippen LogP contribution >= 0.6 is 0 Å². The van der Waals surface area contributed by atoms with Gasteiger partial charge in [0.2, 0.25) is 5.78 Å². The minimum absolute atomic E-state index is 0.0682. The van der Waals surface area contributed by atoms with Gasteiger partial charge in [-0.25, -0.2) is 0 Å². The summed E-state index contributed by atoms with van der Waals surface area (Å²) in [7, 11) is 0. The van der Waals surface area contributed by atoms with Gasteiger partial charge in [-0.05, 0) is 29.9 Å². The molecule has 3 heteroatoms. The highest BCUT2D eigenvalue weighted by atomic mass is 16.5. The Morgan fingerprint density at radius 3 is 2.59 bits per heavy atom. The van der Waals surface area contributed by atoms with Gasteiger partial charge in [-0.2, -0.15) is 4.73 Å². The molecule has 0 aliphatic heterocycles. The van der Waals surface area contributed by atoms with Crippen molar-refractivity contribution in [2.75, 3.05) is 0 Å². The van der Waals surface area contributed by atoms with Crippen LogP contribution in [-0.4, -0.2) is 5.78 Å². The van der Waals surface area contributed by atoms with E-state index in [2.05, 4.69) is 24.3 Å². The number of hydrogen-bond donors (Lipinski definition) is 0. The summed E-state index contributed by atoms with van der Waals surface area (Å²) < 4.78 is 0.676. The van der Waals surface area contributed by atoms with Crippen LogP contribution in [0.2, 0.25) is 0 Å². The lowest BCUT2D eigenvalue weighted by Crippen LogP contribution is -2.39. The smallest absolute Gasteiger partial charge is 0.260 e. The predicted octanol–water partition coefficient (Wildman–Crippen LogP) is 3.50. The van der Waals surface area contributed by atoms with E-state index in [1.54, 1.807) is 18.2 Å². The number of Topliss-reactive ketones (excluding diaryl/α,β-unsaturated/α-hetero) is 1. The molecule has 0 saturated carbocycles. The topological polar surface area (TPSA) is 44.0 Å². The molecule has 22 heavy (non-hydrogen) atoms.